The van der Waals surface area contributed by atoms with Gasteiger partial charge in [0.25, 0.3) is 0 Å². The Morgan fingerprint density at radius 1 is 0.262 bits per heavy atom. The monoisotopic (exact) mass is 538 g/mol. The summed E-state index contributed by atoms with van der Waals surface area (Å²) in [4.78, 5) is 0. The van der Waals surface area contributed by atoms with Crippen LogP contribution in [0, 0.1) is 0 Å². The molecule has 0 heterocycles. The topological polar surface area (TPSA) is 24.1 Å². The van der Waals surface area contributed by atoms with E-state index in [-0.39, 0.29) is 0 Å². The standard InChI is InChI=1S/2C20H15N/c1-3-11-17-15(7-1)9-5-13-19(17)21-20-14-6-10-16-8-2-4-12-18(16)20;1-3-7-17-13-19(11-9-15(17)5-1)21-20-12-10-16-6-2-4-8-18(16)14-20/h2*1-14,21H. The van der Waals surface area contributed by atoms with Crippen LogP contribution in [0.15, 0.2) is 170 Å². The smallest absolute Gasteiger partial charge is 0.0464 e. The number of anilines is 4. The summed E-state index contributed by atoms with van der Waals surface area (Å²) in [6, 6.07) is 59.4. The number of hydrogen-bond acceptors (Lipinski definition) is 2. The maximum Gasteiger partial charge on any atom is 0.0464 e. The third kappa shape index (κ3) is 5.39. The van der Waals surface area contributed by atoms with Crippen molar-refractivity contribution in [2.75, 3.05) is 10.6 Å². The van der Waals surface area contributed by atoms with Gasteiger partial charge in [-0.2, -0.15) is 0 Å². The van der Waals surface area contributed by atoms with Gasteiger partial charge in [0.05, 0.1) is 0 Å². The Morgan fingerprint density at radius 3 is 1.12 bits per heavy atom. The fraction of sp³-hybridized carbons (Fsp3) is 0. The lowest BCUT2D eigenvalue weighted by molar-refractivity contribution is 1.59. The third-order valence-electron chi connectivity index (χ3n) is 7.64. The average molecular weight is 539 g/mol. The number of fused-ring (bicyclic) bond motifs is 4. The van der Waals surface area contributed by atoms with E-state index in [1.807, 2.05) is 0 Å². The summed E-state index contributed by atoms with van der Waals surface area (Å²) in [7, 11) is 0. The van der Waals surface area contributed by atoms with E-state index in [1.165, 1.54) is 43.1 Å². The quantitative estimate of drug-likeness (QED) is 0.233. The van der Waals surface area contributed by atoms with Crippen molar-refractivity contribution < 1.29 is 0 Å². The van der Waals surface area contributed by atoms with Gasteiger partial charge in [-0.1, -0.05) is 133 Å². The van der Waals surface area contributed by atoms with E-state index in [0.29, 0.717) is 0 Å². The summed E-state index contributed by atoms with van der Waals surface area (Å²) in [6.45, 7) is 0. The molecule has 0 aliphatic carbocycles. The Kier molecular flexibility index (Phi) is 6.94. The molecule has 42 heavy (non-hydrogen) atoms. The molecule has 8 aromatic carbocycles. The van der Waals surface area contributed by atoms with Crippen LogP contribution < -0.4 is 10.6 Å². The lowest BCUT2D eigenvalue weighted by atomic mass is 10.1. The molecule has 0 amide bonds. The molecule has 8 aromatic rings. The van der Waals surface area contributed by atoms with Crippen molar-refractivity contribution in [2.24, 2.45) is 0 Å². The molecular formula is C40H30N2. The Balaban J connectivity index is 0.000000137. The molecular weight excluding hydrogens is 508 g/mol. The first-order valence-electron chi connectivity index (χ1n) is 14.3. The van der Waals surface area contributed by atoms with Gasteiger partial charge in [-0.05, 0) is 68.7 Å². The molecule has 2 heteroatoms. The summed E-state index contributed by atoms with van der Waals surface area (Å²) in [5.41, 5.74) is 4.52. The molecule has 0 aliphatic rings. The van der Waals surface area contributed by atoms with Gasteiger partial charge in [-0.3, -0.25) is 0 Å². The summed E-state index contributed by atoms with van der Waals surface area (Å²) in [6.07, 6.45) is 0. The van der Waals surface area contributed by atoms with E-state index in [0.717, 1.165) is 22.7 Å². The van der Waals surface area contributed by atoms with Gasteiger partial charge >= 0.3 is 0 Å². The van der Waals surface area contributed by atoms with E-state index in [9.17, 15) is 0 Å². The maximum atomic E-state index is 3.59. The Hall–Kier alpha value is -5.60. The molecule has 0 aromatic heterocycles. The lowest BCUT2D eigenvalue weighted by Crippen LogP contribution is -1.92. The van der Waals surface area contributed by atoms with Crippen LogP contribution in [0.3, 0.4) is 0 Å². The van der Waals surface area contributed by atoms with Crippen molar-refractivity contribution in [2.45, 2.75) is 0 Å². The van der Waals surface area contributed by atoms with E-state index in [1.54, 1.807) is 0 Å². The van der Waals surface area contributed by atoms with Crippen molar-refractivity contribution in [1.29, 1.82) is 0 Å². The molecule has 200 valence electrons. The second-order valence-corrected chi connectivity index (χ2v) is 10.4. The predicted octanol–water partition coefficient (Wildman–Crippen LogP) is 11.5. The molecule has 0 unspecified atom stereocenters. The molecule has 0 bridgehead atoms. The normalized spacial score (nSPS) is 10.9. The first-order valence-corrected chi connectivity index (χ1v) is 14.3. The summed E-state index contributed by atoms with van der Waals surface area (Å²) in [5.74, 6) is 0. The zero-order chi connectivity index (χ0) is 28.1. The first kappa shape index (κ1) is 25.4. The van der Waals surface area contributed by atoms with Crippen LogP contribution in [0.4, 0.5) is 22.7 Å². The number of rotatable bonds is 4. The molecule has 0 saturated carbocycles. The van der Waals surface area contributed by atoms with Gasteiger partial charge in [0.2, 0.25) is 0 Å². The van der Waals surface area contributed by atoms with Crippen LogP contribution in [-0.2, 0) is 0 Å². The highest BCUT2D eigenvalue weighted by Crippen LogP contribution is 2.30. The fourth-order valence-corrected chi connectivity index (χ4v) is 5.51. The second kappa shape index (κ2) is 11.5. The maximum absolute atomic E-state index is 3.59. The van der Waals surface area contributed by atoms with Crippen molar-refractivity contribution in [3.05, 3.63) is 170 Å². The molecule has 0 radical (unpaired) electrons. The van der Waals surface area contributed by atoms with E-state index in [4.69, 9.17) is 0 Å². The van der Waals surface area contributed by atoms with E-state index in [2.05, 4.69) is 180 Å². The highest BCUT2D eigenvalue weighted by molar-refractivity contribution is 6.00. The third-order valence-corrected chi connectivity index (χ3v) is 7.64. The highest BCUT2D eigenvalue weighted by atomic mass is 14.9. The Labute approximate surface area is 245 Å². The molecule has 0 saturated heterocycles. The van der Waals surface area contributed by atoms with Crippen molar-refractivity contribution in [1.82, 2.24) is 0 Å². The van der Waals surface area contributed by atoms with Gasteiger partial charge in [-0.15, -0.1) is 0 Å². The minimum atomic E-state index is 1.11. The molecule has 2 N–H and O–H groups in total. The molecule has 8 rings (SSSR count). The van der Waals surface area contributed by atoms with Crippen molar-refractivity contribution in [3.8, 4) is 0 Å². The Bertz CT molecular complexity index is 2000. The van der Waals surface area contributed by atoms with Gasteiger partial charge in [0.15, 0.2) is 0 Å². The molecule has 0 fully saturated rings. The minimum Gasteiger partial charge on any atom is -0.355 e. The molecule has 0 atom stereocenters. The lowest BCUT2D eigenvalue weighted by Gasteiger charge is -2.12. The molecule has 0 aliphatic heterocycles. The van der Waals surface area contributed by atoms with Crippen LogP contribution in [0.1, 0.15) is 0 Å². The molecule has 2 nitrogen and oxygen atoms in total. The van der Waals surface area contributed by atoms with Crippen LogP contribution in [-0.4, -0.2) is 0 Å². The van der Waals surface area contributed by atoms with Gasteiger partial charge in [0.1, 0.15) is 0 Å². The summed E-state index contributed by atoms with van der Waals surface area (Å²) < 4.78 is 0. The first-order chi connectivity index (χ1) is 20.8. The Morgan fingerprint density at radius 2 is 0.643 bits per heavy atom. The largest absolute Gasteiger partial charge is 0.355 e. The number of nitrogens with one attached hydrogen (secondary N) is 2. The predicted molar refractivity (Wildman–Crippen MR) is 182 cm³/mol. The van der Waals surface area contributed by atoms with Gasteiger partial charge < -0.3 is 10.6 Å². The van der Waals surface area contributed by atoms with Crippen LogP contribution in [0.25, 0.3) is 43.1 Å². The average Bonchev–Trinajstić information content (AvgIpc) is 3.05. The fourth-order valence-electron chi connectivity index (χ4n) is 5.51. The molecule has 0 spiro atoms. The van der Waals surface area contributed by atoms with E-state index >= 15 is 0 Å². The van der Waals surface area contributed by atoms with Gasteiger partial charge in [0, 0.05) is 33.5 Å². The number of hydrogen-bond donors (Lipinski definition) is 2. The van der Waals surface area contributed by atoms with Gasteiger partial charge in [-0.25, -0.2) is 0 Å². The minimum absolute atomic E-state index is 1.11. The number of benzene rings is 8. The SMILES string of the molecule is c1ccc2c(Nc3cccc4ccccc34)cccc2c1.c1ccc2cc(Nc3ccc4ccccc4c3)ccc2c1. The van der Waals surface area contributed by atoms with Crippen molar-refractivity contribution >= 4 is 65.8 Å². The highest BCUT2D eigenvalue weighted by Gasteiger charge is 2.04. The summed E-state index contributed by atoms with van der Waals surface area (Å²) >= 11 is 0. The van der Waals surface area contributed by atoms with Crippen molar-refractivity contribution in [3.63, 3.8) is 0 Å². The zero-order valence-corrected chi connectivity index (χ0v) is 23.2. The van der Waals surface area contributed by atoms with Crippen LogP contribution in [0.5, 0.6) is 0 Å². The zero-order valence-electron chi connectivity index (χ0n) is 23.2. The van der Waals surface area contributed by atoms with E-state index < -0.39 is 0 Å². The second-order valence-electron chi connectivity index (χ2n) is 10.4. The van der Waals surface area contributed by atoms with Crippen LogP contribution in [0.2, 0.25) is 0 Å². The van der Waals surface area contributed by atoms with Crippen LogP contribution >= 0.6 is 0 Å². The summed E-state index contributed by atoms with van der Waals surface area (Å²) in [5, 5.41) is 17.1.